The minimum Gasteiger partial charge on any atom is -0.463 e. The van der Waals surface area contributed by atoms with Crippen molar-refractivity contribution >= 4 is 17.6 Å². The van der Waals surface area contributed by atoms with E-state index in [1.807, 2.05) is 43.3 Å². The number of carbonyl (C=O) groups is 2. The SMILES string of the molecule is CCOC(=O)C1=C(C)OC(N)=C(C(=O)OCC)[C@H]1c1ccc(N(C)C)cc1. The number of hydrogen-bond donors (Lipinski definition) is 1. The summed E-state index contributed by atoms with van der Waals surface area (Å²) < 4.78 is 15.8. The molecule has 2 rings (SSSR count). The Labute approximate surface area is 159 Å². The molecule has 7 nitrogen and oxygen atoms in total. The zero-order valence-corrected chi connectivity index (χ0v) is 16.4. The molecular formula is C20H26N2O5. The van der Waals surface area contributed by atoms with E-state index in [2.05, 4.69) is 0 Å². The van der Waals surface area contributed by atoms with E-state index in [1.54, 1.807) is 20.8 Å². The smallest absolute Gasteiger partial charge is 0.340 e. The number of allylic oxidation sites excluding steroid dienone is 1. The summed E-state index contributed by atoms with van der Waals surface area (Å²) in [6.45, 7) is 5.43. The lowest BCUT2D eigenvalue weighted by Crippen LogP contribution is -2.30. The van der Waals surface area contributed by atoms with E-state index in [4.69, 9.17) is 19.9 Å². The standard InChI is InChI=1S/C20H26N2O5/c1-6-25-19(23)15-12(3)27-18(21)17(20(24)26-7-2)16(15)13-8-10-14(11-9-13)22(4)5/h8-11,16H,6-7,21H2,1-5H3/t16-/m0/s1. The summed E-state index contributed by atoms with van der Waals surface area (Å²) in [6.07, 6.45) is 0. The van der Waals surface area contributed by atoms with Gasteiger partial charge in [0.15, 0.2) is 0 Å². The summed E-state index contributed by atoms with van der Waals surface area (Å²) in [4.78, 5) is 27.1. The number of nitrogens with zero attached hydrogens (tertiary/aromatic N) is 1. The van der Waals surface area contributed by atoms with Crippen LogP contribution in [-0.4, -0.2) is 39.2 Å². The Morgan fingerprint density at radius 3 is 2.04 bits per heavy atom. The van der Waals surface area contributed by atoms with Crippen molar-refractivity contribution in [3.05, 3.63) is 52.6 Å². The highest BCUT2D eigenvalue weighted by molar-refractivity contribution is 5.99. The number of nitrogens with two attached hydrogens (primary N) is 1. The Morgan fingerprint density at radius 2 is 1.56 bits per heavy atom. The average molecular weight is 374 g/mol. The van der Waals surface area contributed by atoms with E-state index in [0.717, 1.165) is 11.3 Å². The third-order valence-electron chi connectivity index (χ3n) is 4.22. The predicted molar refractivity (Wildman–Crippen MR) is 102 cm³/mol. The van der Waals surface area contributed by atoms with Crippen molar-refractivity contribution in [3.63, 3.8) is 0 Å². The van der Waals surface area contributed by atoms with Crippen molar-refractivity contribution < 1.29 is 23.8 Å². The van der Waals surface area contributed by atoms with Crippen LogP contribution in [0.2, 0.25) is 0 Å². The molecule has 1 aromatic carbocycles. The molecule has 7 heteroatoms. The molecule has 1 aliphatic rings. The summed E-state index contributed by atoms with van der Waals surface area (Å²) >= 11 is 0. The van der Waals surface area contributed by atoms with Gasteiger partial charge in [-0.3, -0.25) is 0 Å². The predicted octanol–water partition coefficient (Wildman–Crippen LogP) is 2.44. The molecule has 1 aromatic rings. The summed E-state index contributed by atoms with van der Waals surface area (Å²) in [6, 6.07) is 7.51. The van der Waals surface area contributed by atoms with Gasteiger partial charge in [-0.15, -0.1) is 0 Å². The fourth-order valence-corrected chi connectivity index (χ4v) is 2.96. The minimum atomic E-state index is -0.729. The van der Waals surface area contributed by atoms with Crippen LogP contribution in [0.25, 0.3) is 0 Å². The number of esters is 2. The van der Waals surface area contributed by atoms with E-state index in [1.165, 1.54) is 0 Å². The molecule has 146 valence electrons. The third kappa shape index (κ3) is 4.24. The van der Waals surface area contributed by atoms with Gasteiger partial charge in [-0.25, -0.2) is 9.59 Å². The van der Waals surface area contributed by atoms with E-state index >= 15 is 0 Å². The van der Waals surface area contributed by atoms with Crippen molar-refractivity contribution in [1.82, 2.24) is 0 Å². The number of hydrogen-bond acceptors (Lipinski definition) is 7. The fourth-order valence-electron chi connectivity index (χ4n) is 2.96. The minimum absolute atomic E-state index is 0.0688. The van der Waals surface area contributed by atoms with E-state index in [9.17, 15) is 9.59 Å². The second-order valence-corrected chi connectivity index (χ2v) is 6.21. The lowest BCUT2D eigenvalue weighted by molar-refractivity contribution is -0.140. The molecule has 0 saturated carbocycles. The molecule has 0 unspecified atom stereocenters. The van der Waals surface area contributed by atoms with Crippen molar-refractivity contribution in [3.8, 4) is 0 Å². The van der Waals surface area contributed by atoms with Crippen LogP contribution in [-0.2, 0) is 23.8 Å². The van der Waals surface area contributed by atoms with Crippen LogP contribution in [0, 0.1) is 0 Å². The van der Waals surface area contributed by atoms with Crippen molar-refractivity contribution in [1.29, 1.82) is 0 Å². The van der Waals surface area contributed by atoms with Gasteiger partial charge in [0.1, 0.15) is 11.3 Å². The molecule has 1 atom stereocenters. The normalized spacial score (nSPS) is 16.7. The van der Waals surface area contributed by atoms with Crippen LogP contribution >= 0.6 is 0 Å². The number of ether oxygens (including phenoxy) is 3. The lowest BCUT2D eigenvalue weighted by Gasteiger charge is -2.29. The molecular weight excluding hydrogens is 348 g/mol. The van der Waals surface area contributed by atoms with Gasteiger partial charge in [0, 0.05) is 19.8 Å². The van der Waals surface area contributed by atoms with E-state index < -0.39 is 17.9 Å². The Morgan fingerprint density at radius 1 is 1.04 bits per heavy atom. The van der Waals surface area contributed by atoms with Gasteiger partial charge in [-0.05, 0) is 38.5 Å². The molecule has 27 heavy (non-hydrogen) atoms. The molecule has 0 aromatic heterocycles. The summed E-state index contributed by atoms with van der Waals surface area (Å²) in [5.74, 6) is -1.66. The molecule has 0 amide bonds. The third-order valence-corrected chi connectivity index (χ3v) is 4.22. The quantitative estimate of drug-likeness (QED) is 0.765. The number of anilines is 1. The van der Waals surface area contributed by atoms with Gasteiger partial charge in [-0.1, -0.05) is 12.1 Å². The highest BCUT2D eigenvalue weighted by Gasteiger charge is 2.39. The monoisotopic (exact) mass is 374 g/mol. The van der Waals surface area contributed by atoms with Gasteiger partial charge >= 0.3 is 11.9 Å². The Kier molecular flexibility index (Phi) is 6.50. The number of rotatable bonds is 6. The largest absolute Gasteiger partial charge is 0.463 e. The first kappa shape index (κ1) is 20.4. The van der Waals surface area contributed by atoms with Gasteiger partial charge in [-0.2, -0.15) is 0 Å². The molecule has 1 heterocycles. The van der Waals surface area contributed by atoms with Crippen molar-refractivity contribution in [2.45, 2.75) is 26.7 Å². The topological polar surface area (TPSA) is 91.1 Å². The number of carbonyl (C=O) groups excluding carboxylic acids is 2. The van der Waals surface area contributed by atoms with Crippen LogP contribution in [0.1, 0.15) is 32.3 Å². The summed E-state index contributed by atoms with van der Waals surface area (Å²) in [7, 11) is 3.86. The van der Waals surface area contributed by atoms with Crippen molar-refractivity contribution in [2.24, 2.45) is 5.73 Å². The summed E-state index contributed by atoms with van der Waals surface area (Å²) in [5, 5.41) is 0. The first-order chi connectivity index (χ1) is 12.8. The maximum Gasteiger partial charge on any atom is 0.340 e. The molecule has 0 spiro atoms. The highest BCUT2D eigenvalue weighted by Crippen LogP contribution is 2.40. The molecule has 0 bridgehead atoms. The van der Waals surface area contributed by atoms with Crippen LogP contribution in [0.4, 0.5) is 5.69 Å². The van der Waals surface area contributed by atoms with Gasteiger partial charge < -0.3 is 24.8 Å². The fraction of sp³-hybridized carbons (Fsp3) is 0.400. The summed E-state index contributed by atoms with van der Waals surface area (Å²) in [5.41, 5.74) is 8.05. The van der Waals surface area contributed by atoms with Gasteiger partial charge in [0.2, 0.25) is 5.88 Å². The molecule has 2 N–H and O–H groups in total. The van der Waals surface area contributed by atoms with Gasteiger partial charge in [0.05, 0.1) is 24.7 Å². The van der Waals surface area contributed by atoms with E-state index in [0.29, 0.717) is 5.76 Å². The maximum absolute atomic E-state index is 12.6. The average Bonchev–Trinajstić information content (AvgIpc) is 2.61. The zero-order valence-electron chi connectivity index (χ0n) is 16.4. The first-order valence-corrected chi connectivity index (χ1v) is 8.81. The Hall–Kier alpha value is -2.96. The molecule has 0 aliphatic carbocycles. The zero-order chi connectivity index (χ0) is 20.1. The lowest BCUT2D eigenvalue weighted by atomic mass is 9.82. The molecule has 1 aliphatic heterocycles. The van der Waals surface area contributed by atoms with Gasteiger partial charge in [0.25, 0.3) is 0 Å². The molecule has 0 fully saturated rings. The van der Waals surface area contributed by atoms with Crippen LogP contribution in [0.3, 0.4) is 0 Å². The second kappa shape index (κ2) is 8.62. The number of benzene rings is 1. The van der Waals surface area contributed by atoms with Crippen LogP contribution in [0.5, 0.6) is 0 Å². The van der Waals surface area contributed by atoms with Crippen LogP contribution < -0.4 is 10.6 Å². The van der Waals surface area contributed by atoms with Crippen molar-refractivity contribution in [2.75, 3.05) is 32.2 Å². The van der Waals surface area contributed by atoms with Crippen LogP contribution in [0.15, 0.2) is 47.1 Å². The molecule has 0 radical (unpaired) electrons. The second-order valence-electron chi connectivity index (χ2n) is 6.21. The van der Waals surface area contributed by atoms with E-state index in [-0.39, 0.29) is 30.2 Å². The Balaban J connectivity index is 2.60. The first-order valence-electron chi connectivity index (χ1n) is 8.81. The maximum atomic E-state index is 12.6. The molecule has 0 saturated heterocycles. The Bertz CT molecular complexity index is 738. The highest BCUT2D eigenvalue weighted by atomic mass is 16.5.